The van der Waals surface area contributed by atoms with Crippen LogP contribution in [0.3, 0.4) is 0 Å². The van der Waals surface area contributed by atoms with Gasteiger partial charge in [0.25, 0.3) is 5.56 Å². The van der Waals surface area contributed by atoms with Crippen LogP contribution in [0.1, 0.15) is 22.8 Å². The number of anilines is 1. The molecular formula is C26H25N5O5. The number of aromatic carboxylic acids is 1. The number of hydrogen-bond donors (Lipinski definition) is 3. The molecule has 0 atom stereocenters. The average molecular weight is 488 g/mol. The fourth-order valence-corrected chi connectivity index (χ4v) is 3.71. The number of carboxylic acids is 1. The van der Waals surface area contributed by atoms with E-state index in [1.807, 2.05) is 6.07 Å². The molecule has 10 heteroatoms. The van der Waals surface area contributed by atoms with Crippen LogP contribution in [-0.4, -0.2) is 45.2 Å². The predicted molar refractivity (Wildman–Crippen MR) is 135 cm³/mol. The second kappa shape index (κ2) is 10.7. The zero-order chi connectivity index (χ0) is 25.7. The molecule has 10 nitrogen and oxygen atoms in total. The fourth-order valence-electron chi connectivity index (χ4n) is 3.71. The Balaban J connectivity index is 1.70. The largest absolute Gasteiger partial charge is 0.497 e. The molecule has 2 heterocycles. The van der Waals surface area contributed by atoms with Gasteiger partial charge in [0.1, 0.15) is 22.8 Å². The van der Waals surface area contributed by atoms with E-state index in [0.717, 1.165) is 5.56 Å². The molecule has 0 fully saturated rings. The topological polar surface area (TPSA) is 135 Å². The smallest absolute Gasteiger partial charge is 0.335 e. The first-order valence-corrected chi connectivity index (χ1v) is 11.2. The maximum Gasteiger partial charge on any atom is 0.335 e. The highest BCUT2D eigenvalue weighted by Crippen LogP contribution is 2.21. The highest BCUT2D eigenvalue weighted by Gasteiger charge is 2.15. The summed E-state index contributed by atoms with van der Waals surface area (Å²) in [5.74, 6) is -0.0370. The number of pyridine rings is 1. The van der Waals surface area contributed by atoms with E-state index < -0.39 is 5.97 Å². The van der Waals surface area contributed by atoms with Gasteiger partial charge < -0.3 is 20.5 Å². The first-order valence-electron chi connectivity index (χ1n) is 11.2. The van der Waals surface area contributed by atoms with Gasteiger partial charge in [-0.3, -0.25) is 14.2 Å². The van der Waals surface area contributed by atoms with Crippen LogP contribution in [-0.2, 0) is 17.9 Å². The molecule has 0 aliphatic heterocycles. The van der Waals surface area contributed by atoms with Crippen LogP contribution in [0, 0.1) is 0 Å². The number of benzene rings is 2. The molecule has 0 saturated carbocycles. The Morgan fingerprint density at radius 2 is 1.83 bits per heavy atom. The van der Waals surface area contributed by atoms with Crippen LogP contribution in [0.25, 0.3) is 22.4 Å². The number of ether oxygens (including phenoxy) is 1. The zero-order valence-corrected chi connectivity index (χ0v) is 19.8. The summed E-state index contributed by atoms with van der Waals surface area (Å²) in [5, 5.41) is 15.1. The SMILES string of the molecule is COc1ccc(-c2nc3ccc(NCc4cccc(C(=O)O)c4)nc3n(CCNC(C)=O)c2=O)cc1. The summed E-state index contributed by atoms with van der Waals surface area (Å²) in [6.45, 7) is 2.21. The van der Waals surface area contributed by atoms with Crippen molar-refractivity contribution in [3.05, 3.63) is 82.1 Å². The van der Waals surface area contributed by atoms with E-state index in [-0.39, 0.29) is 35.8 Å². The predicted octanol–water partition coefficient (Wildman–Crippen LogP) is 2.91. The molecule has 2 aromatic heterocycles. The maximum atomic E-state index is 13.4. The van der Waals surface area contributed by atoms with Crippen LogP contribution < -0.4 is 20.9 Å². The van der Waals surface area contributed by atoms with Crippen LogP contribution in [0.5, 0.6) is 5.75 Å². The van der Waals surface area contributed by atoms with Crippen molar-refractivity contribution in [1.29, 1.82) is 0 Å². The average Bonchev–Trinajstić information content (AvgIpc) is 2.88. The van der Waals surface area contributed by atoms with Gasteiger partial charge in [-0.15, -0.1) is 0 Å². The lowest BCUT2D eigenvalue weighted by atomic mass is 10.1. The van der Waals surface area contributed by atoms with Gasteiger partial charge >= 0.3 is 5.97 Å². The first kappa shape index (κ1) is 24.4. The van der Waals surface area contributed by atoms with Crippen molar-refractivity contribution in [1.82, 2.24) is 19.9 Å². The normalized spacial score (nSPS) is 10.7. The van der Waals surface area contributed by atoms with E-state index in [0.29, 0.717) is 34.8 Å². The van der Waals surface area contributed by atoms with E-state index in [1.165, 1.54) is 17.6 Å². The van der Waals surface area contributed by atoms with Gasteiger partial charge in [-0.05, 0) is 54.1 Å². The summed E-state index contributed by atoms with van der Waals surface area (Å²) in [6, 6.07) is 17.2. The molecule has 0 saturated heterocycles. The number of aromatic nitrogens is 3. The lowest BCUT2D eigenvalue weighted by molar-refractivity contribution is -0.118. The van der Waals surface area contributed by atoms with Gasteiger partial charge in [-0.25, -0.2) is 14.8 Å². The molecule has 0 aliphatic rings. The lowest BCUT2D eigenvalue weighted by Gasteiger charge is -2.14. The van der Waals surface area contributed by atoms with E-state index in [2.05, 4.69) is 20.6 Å². The summed E-state index contributed by atoms with van der Waals surface area (Å²) in [5.41, 5.74) is 2.42. The Morgan fingerprint density at radius 1 is 1.06 bits per heavy atom. The molecule has 0 unspecified atom stereocenters. The Morgan fingerprint density at radius 3 is 2.53 bits per heavy atom. The van der Waals surface area contributed by atoms with Gasteiger partial charge in [0.2, 0.25) is 5.91 Å². The van der Waals surface area contributed by atoms with Crippen LogP contribution in [0.15, 0.2) is 65.5 Å². The first-order chi connectivity index (χ1) is 17.4. The van der Waals surface area contributed by atoms with Gasteiger partial charge in [0, 0.05) is 32.1 Å². The van der Waals surface area contributed by atoms with Crippen molar-refractivity contribution >= 4 is 28.9 Å². The third-order valence-electron chi connectivity index (χ3n) is 5.51. The minimum atomic E-state index is -0.998. The molecule has 3 N–H and O–H groups in total. The highest BCUT2D eigenvalue weighted by molar-refractivity contribution is 5.87. The van der Waals surface area contributed by atoms with Crippen molar-refractivity contribution in [2.45, 2.75) is 20.0 Å². The number of carboxylic acid groups (broad SMARTS) is 1. The molecule has 0 radical (unpaired) electrons. The van der Waals surface area contributed by atoms with E-state index in [9.17, 15) is 19.5 Å². The standard InChI is InChI=1S/C26H25N5O5/c1-16(32)27-12-13-31-24-21(29-23(25(31)33)18-6-8-20(36-2)9-7-18)10-11-22(30-24)28-15-17-4-3-5-19(14-17)26(34)35/h3-11,14H,12-13,15H2,1-2H3,(H,27,32)(H,28,30)(H,34,35). The number of nitrogens with one attached hydrogen (secondary N) is 2. The van der Waals surface area contributed by atoms with Gasteiger partial charge in [-0.2, -0.15) is 0 Å². The Hall–Kier alpha value is -4.73. The number of rotatable bonds is 9. The van der Waals surface area contributed by atoms with Crippen molar-refractivity contribution in [3.63, 3.8) is 0 Å². The van der Waals surface area contributed by atoms with Gasteiger partial charge in [0.05, 0.1) is 12.7 Å². The number of amides is 1. The highest BCUT2D eigenvalue weighted by atomic mass is 16.5. The summed E-state index contributed by atoms with van der Waals surface area (Å²) < 4.78 is 6.70. The molecular weight excluding hydrogens is 462 g/mol. The minimum Gasteiger partial charge on any atom is -0.497 e. The zero-order valence-electron chi connectivity index (χ0n) is 19.8. The number of nitrogens with zero attached hydrogens (tertiary/aromatic N) is 3. The summed E-state index contributed by atoms with van der Waals surface area (Å²) in [6.07, 6.45) is 0. The van der Waals surface area contributed by atoms with Gasteiger partial charge in [0.15, 0.2) is 5.65 Å². The molecule has 4 rings (SSSR count). The van der Waals surface area contributed by atoms with Crippen LogP contribution in [0.4, 0.5) is 5.82 Å². The van der Waals surface area contributed by atoms with E-state index in [4.69, 9.17) is 4.74 Å². The molecule has 0 bridgehead atoms. The van der Waals surface area contributed by atoms with Crippen molar-refractivity contribution < 1.29 is 19.4 Å². The quantitative estimate of drug-likeness (QED) is 0.328. The molecule has 184 valence electrons. The second-order valence-electron chi connectivity index (χ2n) is 8.03. The molecule has 1 amide bonds. The number of fused-ring (bicyclic) bond motifs is 1. The Kier molecular flexibility index (Phi) is 7.24. The molecule has 0 aliphatic carbocycles. The molecule has 36 heavy (non-hydrogen) atoms. The summed E-state index contributed by atoms with van der Waals surface area (Å²) in [7, 11) is 1.57. The third kappa shape index (κ3) is 5.49. The van der Waals surface area contributed by atoms with Crippen molar-refractivity contribution in [2.75, 3.05) is 19.0 Å². The number of methoxy groups -OCH3 is 1. The van der Waals surface area contributed by atoms with Crippen molar-refractivity contribution in [2.24, 2.45) is 0 Å². The lowest BCUT2D eigenvalue weighted by Crippen LogP contribution is -2.31. The number of hydrogen-bond acceptors (Lipinski definition) is 7. The van der Waals surface area contributed by atoms with Crippen LogP contribution >= 0.6 is 0 Å². The molecule has 2 aromatic carbocycles. The second-order valence-corrected chi connectivity index (χ2v) is 8.03. The Labute approximate surface area is 206 Å². The molecule has 4 aromatic rings. The summed E-state index contributed by atoms with van der Waals surface area (Å²) >= 11 is 0. The Bertz CT molecular complexity index is 1480. The monoisotopic (exact) mass is 487 g/mol. The summed E-state index contributed by atoms with van der Waals surface area (Å²) in [4.78, 5) is 45.2. The fraction of sp³-hybridized carbons (Fsp3) is 0.192. The van der Waals surface area contributed by atoms with Crippen molar-refractivity contribution in [3.8, 4) is 17.0 Å². The van der Waals surface area contributed by atoms with E-state index >= 15 is 0 Å². The maximum absolute atomic E-state index is 13.4. The third-order valence-corrected chi connectivity index (χ3v) is 5.51. The molecule has 0 spiro atoms. The van der Waals surface area contributed by atoms with Crippen LogP contribution in [0.2, 0.25) is 0 Å². The number of carbonyl (C=O) groups is 2. The van der Waals surface area contributed by atoms with Gasteiger partial charge in [-0.1, -0.05) is 12.1 Å². The number of carbonyl (C=O) groups excluding carboxylic acids is 1. The minimum absolute atomic E-state index is 0.197. The van der Waals surface area contributed by atoms with E-state index in [1.54, 1.807) is 55.6 Å².